The number of anilines is 1. The monoisotopic (exact) mass is 244 g/mol. The zero-order chi connectivity index (χ0) is 13.2. The summed E-state index contributed by atoms with van der Waals surface area (Å²) in [5.74, 6) is 0.0897. The topological polar surface area (TPSA) is 69.1 Å². The Morgan fingerprint density at radius 3 is 2.72 bits per heavy atom. The minimum absolute atomic E-state index is 0.0502. The van der Waals surface area contributed by atoms with Crippen LogP contribution in [0.15, 0.2) is 35.4 Å². The van der Waals surface area contributed by atoms with Crippen LogP contribution in [0.2, 0.25) is 0 Å². The first-order valence-corrected chi connectivity index (χ1v) is 5.96. The van der Waals surface area contributed by atoms with E-state index in [0.717, 1.165) is 5.69 Å². The van der Waals surface area contributed by atoms with E-state index in [1.165, 1.54) is 0 Å². The lowest BCUT2D eigenvalue weighted by Gasteiger charge is -2.24. The second-order valence-corrected chi connectivity index (χ2v) is 5.17. The fourth-order valence-corrected chi connectivity index (χ4v) is 2.45. The molecule has 5 nitrogen and oxygen atoms in total. The highest BCUT2D eigenvalue weighted by Crippen LogP contribution is 2.38. The molecule has 1 aliphatic heterocycles. The van der Waals surface area contributed by atoms with Gasteiger partial charge in [-0.2, -0.15) is 0 Å². The summed E-state index contributed by atoms with van der Waals surface area (Å²) in [4.78, 5) is 16.9. The highest BCUT2D eigenvalue weighted by molar-refractivity contribution is 6.00. The van der Waals surface area contributed by atoms with E-state index in [-0.39, 0.29) is 11.9 Å². The van der Waals surface area contributed by atoms with Gasteiger partial charge in [0.1, 0.15) is 0 Å². The quantitative estimate of drug-likeness (QED) is 0.457. The van der Waals surface area contributed by atoms with Crippen LogP contribution >= 0.6 is 0 Å². The lowest BCUT2D eigenvalue weighted by molar-refractivity contribution is -0.124. The van der Waals surface area contributed by atoms with Crippen molar-refractivity contribution in [1.82, 2.24) is 0 Å². The lowest BCUT2D eigenvalue weighted by Crippen LogP contribution is -2.36. The van der Waals surface area contributed by atoms with Crippen molar-refractivity contribution in [2.45, 2.75) is 26.3 Å². The number of hydrogen-bond donors (Lipinski definition) is 0. The molecule has 1 saturated heterocycles. The van der Waals surface area contributed by atoms with Crippen LogP contribution in [0.1, 0.15) is 20.3 Å². The summed E-state index contributed by atoms with van der Waals surface area (Å²) in [5.41, 5.74) is 8.90. The predicted octanol–water partition coefficient (Wildman–Crippen LogP) is 3.13. The van der Waals surface area contributed by atoms with E-state index in [9.17, 15) is 4.79 Å². The molecule has 0 aliphatic carbocycles. The molecule has 1 amide bonds. The van der Waals surface area contributed by atoms with Gasteiger partial charge in [0.15, 0.2) is 0 Å². The Bertz CT molecular complexity index is 491. The van der Waals surface area contributed by atoms with Gasteiger partial charge in [-0.25, -0.2) is 0 Å². The molecule has 0 N–H and O–H groups in total. The van der Waals surface area contributed by atoms with Gasteiger partial charge in [0.25, 0.3) is 0 Å². The van der Waals surface area contributed by atoms with Gasteiger partial charge in [-0.05, 0) is 24.1 Å². The number of hydrogen-bond acceptors (Lipinski definition) is 2. The number of azide groups is 1. The number of rotatable bonds is 3. The van der Waals surface area contributed by atoms with E-state index in [0.29, 0.717) is 13.0 Å². The molecule has 1 unspecified atom stereocenters. The number of nitrogens with zero attached hydrogens (tertiary/aromatic N) is 4. The van der Waals surface area contributed by atoms with Gasteiger partial charge in [-0.3, -0.25) is 4.79 Å². The fraction of sp³-hybridized carbons (Fsp3) is 0.462. The molecule has 0 spiro atoms. The molecule has 0 aromatic heterocycles. The third-order valence-corrected chi connectivity index (χ3v) is 3.30. The SMILES string of the molecule is CC1(C)CC(CN=[N+]=[N-])N(c2ccccc2)C1=O. The van der Waals surface area contributed by atoms with Crippen molar-refractivity contribution < 1.29 is 4.79 Å². The molecule has 1 fully saturated rings. The first-order valence-electron chi connectivity index (χ1n) is 5.96. The van der Waals surface area contributed by atoms with Crippen LogP contribution in [-0.2, 0) is 4.79 Å². The molecule has 94 valence electrons. The number of carbonyl (C=O) groups excluding carboxylic acids is 1. The predicted molar refractivity (Wildman–Crippen MR) is 70.1 cm³/mol. The van der Waals surface area contributed by atoms with E-state index in [2.05, 4.69) is 10.0 Å². The summed E-state index contributed by atoms with van der Waals surface area (Å²) in [7, 11) is 0. The van der Waals surface area contributed by atoms with E-state index >= 15 is 0 Å². The van der Waals surface area contributed by atoms with Crippen molar-refractivity contribution in [3.8, 4) is 0 Å². The number of carbonyl (C=O) groups is 1. The summed E-state index contributed by atoms with van der Waals surface area (Å²) in [6.07, 6.45) is 0.708. The molecule has 1 aliphatic rings. The van der Waals surface area contributed by atoms with Gasteiger partial charge in [0.2, 0.25) is 5.91 Å². The van der Waals surface area contributed by atoms with Crippen LogP contribution in [0.5, 0.6) is 0 Å². The van der Waals surface area contributed by atoms with Gasteiger partial charge in [0, 0.05) is 28.6 Å². The van der Waals surface area contributed by atoms with Crippen LogP contribution in [0.4, 0.5) is 5.69 Å². The van der Waals surface area contributed by atoms with Gasteiger partial charge < -0.3 is 4.90 Å². The highest BCUT2D eigenvalue weighted by atomic mass is 16.2. The Kier molecular flexibility index (Phi) is 3.26. The molecule has 0 saturated carbocycles. The Labute approximate surface area is 106 Å². The van der Waals surface area contributed by atoms with Gasteiger partial charge in [-0.1, -0.05) is 37.2 Å². The smallest absolute Gasteiger partial charge is 0.232 e. The molecular formula is C13H16N4O. The van der Waals surface area contributed by atoms with Crippen molar-refractivity contribution in [3.63, 3.8) is 0 Å². The van der Waals surface area contributed by atoms with Crippen LogP contribution in [-0.4, -0.2) is 18.5 Å². The zero-order valence-electron chi connectivity index (χ0n) is 10.6. The number of para-hydroxylation sites is 1. The number of amides is 1. The zero-order valence-corrected chi connectivity index (χ0v) is 10.6. The molecule has 1 aromatic rings. The maximum absolute atomic E-state index is 12.4. The van der Waals surface area contributed by atoms with Crippen molar-refractivity contribution in [2.75, 3.05) is 11.4 Å². The molecule has 1 heterocycles. The summed E-state index contributed by atoms with van der Waals surface area (Å²) >= 11 is 0. The second-order valence-electron chi connectivity index (χ2n) is 5.17. The van der Waals surface area contributed by atoms with Crippen LogP contribution in [0.25, 0.3) is 10.4 Å². The van der Waals surface area contributed by atoms with Gasteiger partial charge >= 0.3 is 0 Å². The normalized spacial score (nSPS) is 21.8. The summed E-state index contributed by atoms with van der Waals surface area (Å²) in [6, 6.07) is 9.48. The minimum atomic E-state index is -0.397. The van der Waals surface area contributed by atoms with Crippen molar-refractivity contribution >= 4 is 11.6 Å². The fourth-order valence-electron chi connectivity index (χ4n) is 2.45. The molecule has 1 aromatic carbocycles. The summed E-state index contributed by atoms with van der Waals surface area (Å²) in [5, 5.41) is 3.62. The first-order chi connectivity index (χ1) is 8.56. The van der Waals surface area contributed by atoms with Crippen LogP contribution in [0, 0.1) is 5.41 Å². The summed E-state index contributed by atoms with van der Waals surface area (Å²) < 4.78 is 0. The van der Waals surface area contributed by atoms with E-state index < -0.39 is 5.41 Å². The van der Waals surface area contributed by atoms with E-state index in [1.54, 1.807) is 4.90 Å². The first kappa shape index (κ1) is 12.5. The highest BCUT2D eigenvalue weighted by Gasteiger charge is 2.45. The van der Waals surface area contributed by atoms with E-state index in [4.69, 9.17) is 5.53 Å². The number of benzene rings is 1. The molecule has 0 bridgehead atoms. The Morgan fingerprint density at radius 2 is 2.11 bits per heavy atom. The standard InChI is InChI=1S/C13H16N4O/c1-13(2)8-11(9-15-16-14)17(12(13)18)10-6-4-3-5-7-10/h3-7,11H,8-9H2,1-2H3. The Morgan fingerprint density at radius 1 is 1.44 bits per heavy atom. The second kappa shape index (κ2) is 4.70. The van der Waals surface area contributed by atoms with Gasteiger partial charge in [-0.15, -0.1) is 0 Å². The summed E-state index contributed by atoms with van der Waals surface area (Å²) in [6.45, 7) is 4.18. The van der Waals surface area contributed by atoms with Crippen LogP contribution < -0.4 is 4.90 Å². The molecule has 5 heteroatoms. The third kappa shape index (κ3) is 2.17. The molecule has 0 radical (unpaired) electrons. The average Bonchev–Trinajstić information content (AvgIpc) is 2.59. The van der Waals surface area contributed by atoms with Gasteiger partial charge in [0.05, 0.1) is 0 Å². The molecule has 1 atom stereocenters. The Balaban J connectivity index is 2.34. The van der Waals surface area contributed by atoms with Crippen molar-refractivity contribution in [3.05, 3.63) is 40.8 Å². The van der Waals surface area contributed by atoms with Crippen molar-refractivity contribution in [2.24, 2.45) is 10.5 Å². The van der Waals surface area contributed by atoms with Crippen LogP contribution in [0.3, 0.4) is 0 Å². The lowest BCUT2D eigenvalue weighted by atomic mass is 9.90. The molecular weight excluding hydrogens is 228 g/mol. The molecule has 18 heavy (non-hydrogen) atoms. The maximum Gasteiger partial charge on any atom is 0.232 e. The maximum atomic E-state index is 12.4. The average molecular weight is 244 g/mol. The van der Waals surface area contributed by atoms with Crippen molar-refractivity contribution in [1.29, 1.82) is 0 Å². The largest absolute Gasteiger partial charge is 0.309 e. The Hall–Kier alpha value is -2.00. The molecule has 2 rings (SSSR count). The van der Waals surface area contributed by atoms with E-state index in [1.807, 2.05) is 44.2 Å². The minimum Gasteiger partial charge on any atom is -0.309 e. The third-order valence-electron chi connectivity index (χ3n) is 3.30.